The maximum absolute atomic E-state index is 13.3. The molecule has 1 atom stereocenters. The van der Waals surface area contributed by atoms with E-state index < -0.39 is 0 Å². The van der Waals surface area contributed by atoms with Gasteiger partial charge in [0.25, 0.3) is 0 Å². The Morgan fingerprint density at radius 3 is 2.65 bits per heavy atom. The maximum atomic E-state index is 13.3. The number of likely N-dealkylation sites (tertiary alicyclic amines) is 1. The molecule has 2 aliphatic heterocycles. The molecule has 0 spiro atoms. The van der Waals surface area contributed by atoms with Crippen LogP contribution in [0, 0.1) is 12.8 Å². The number of urea groups is 1. The van der Waals surface area contributed by atoms with Crippen LogP contribution < -0.4 is 15.0 Å². The topological polar surface area (TPSA) is 61.9 Å². The summed E-state index contributed by atoms with van der Waals surface area (Å²) in [6.45, 7) is 6.12. The van der Waals surface area contributed by atoms with Crippen LogP contribution in [0.1, 0.15) is 30.9 Å². The largest absolute Gasteiger partial charge is 0.487 e. The minimum absolute atomic E-state index is 0.0579. The number of hydrogen-bond donors (Lipinski definition) is 1. The molecule has 1 saturated heterocycles. The number of ether oxygens (including phenoxy) is 1. The first-order chi connectivity index (χ1) is 14.9. The number of carbonyl (C=O) groups excluding carboxylic acids is 2. The molecule has 1 fully saturated rings. The van der Waals surface area contributed by atoms with Crippen LogP contribution in [0.3, 0.4) is 0 Å². The van der Waals surface area contributed by atoms with Gasteiger partial charge in [-0.2, -0.15) is 0 Å². The molecule has 1 N–H and O–H groups in total. The van der Waals surface area contributed by atoms with Gasteiger partial charge >= 0.3 is 6.03 Å². The van der Waals surface area contributed by atoms with Crippen LogP contribution in [0.4, 0.5) is 10.5 Å². The summed E-state index contributed by atoms with van der Waals surface area (Å²) in [6, 6.07) is 13.3. The summed E-state index contributed by atoms with van der Waals surface area (Å²) in [6.07, 6.45) is 1.23. The molecule has 0 aliphatic carbocycles. The molecule has 0 radical (unpaired) electrons. The van der Waals surface area contributed by atoms with Crippen LogP contribution in [0.15, 0.2) is 42.5 Å². The van der Waals surface area contributed by atoms with E-state index in [0.717, 1.165) is 5.56 Å². The average Bonchev–Trinajstić information content (AvgIpc) is 2.77. The Morgan fingerprint density at radius 2 is 1.90 bits per heavy atom. The van der Waals surface area contributed by atoms with Gasteiger partial charge in [-0.15, -0.1) is 0 Å². The molecule has 2 aromatic carbocycles. The molecule has 31 heavy (non-hydrogen) atoms. The number of amides is 3. The normalized spacial score (nSPS) is 18.9. The van der Waals surface area contributed by atoms with Crippen LogP contribution in [0.25, 0.3) is 0 Å². The number of benzene rings is 2. The van der Waals surface area contributed by atoms with Gasteiger partial charge in [0.2, 0.25) is 5.91 Å². The first-order valence-corrected chi connectivity index (χ1v) is 11.1. The van der Waals surface area contributed by atoms with Gasteiger partial charge in [0.15, 0.2) is 0 Å². The average molecular weight is 442 g/mol. The maximum Gasteiger partial charge on any atom is 0.324 e. The Balaban J connectivity index is 1.35. The van der Waals surface area contributed by atoms with Crippen LogP contribution in [0.5, 0.6) is 5.75 Å². The SMILES string of the molecule is Cc1ccccc1CNC(=O)C1CCN(C(=O)N2C[C@H](C)Oc3ccc(Cl)cc32)CC1. The summed E-state index contributed by atoms with van der Waals surface area (Å²) in [5, 5.41) is 3.63. The van der Waals surface area contributed by atoms with Gasteiger partial charge in [-0.1, -0.05) is 35.9 Å². The second-order valence-electron chi connectivity index (χ2n) is 8.34. The van der Waals surface area contributed by atoms with Crippen molar-refractivity contribution in [3.63, 3.8) is 0 Å². The van der Waals surface area contributed by atoms with Crippen LogP contribution in [-0.4, -0.2) is 42.6 Å². The molecule has 2 heterocycles. The van der Waals surface area contributed by atoms with E-state index in [0.29, 0.717) is 55.5 Å². The number of rotatable bonds is 3. The van der Waals surface area contributed by atoms with Gasteiger partial charge in [0, 0.05) is 30.6 Å². The molecular weight excluding hydrogens is 414 g/mol. The molecule has 164 valence electrons. The highest BCUT2D eigenvalue weighted by Gasteiger charge is 2.34. The monoisotopic (exact) mass is 441 g/mol. The van der Waals surface area contributed by atoms with E-state index in [-0.39, 0.29) is 24.0 Å². The second kappa shape index (κ2) is 9.18. The smallest absolute Gasteiger partial charge is 0.324 e. The van der Waals surface area contributed by atoms with Crippen LogP contribution >= 0.6 is 11.6 Å². The molecule has 0 aromatic heterocycles. The summed E-state index contributed by atoms with van der Waals surface area (Å²) in [7, 11) is 0. The molecule has 2 aromatic rings. The van der Waals surface area contributed by atoms with Gasteiger partial charge in [-0.3, -0.25) is 9.69 Å². The molecule has 2 aliphatic rings. The van der Waals surface area contributed by atoms with Crippen molar-refractivity contribution < 1.29 is 14.3 Å². The van der Waals surface area contributed by atoms with Crippen molar-refractivity contribution in [2.45, 2.75) is 39.3 Å². The predicted octanol–water partition coefficient (Wildman–Crippen LogP) is 4.38. The van der Waals surface area contributed by atoms with E-state index in [4.69, 9.17) is 16.3 Å². The second-order valence-corrected chi connectivity index (χ2v) is 8.78. The lowest BCUT2D eigenvalue weighted by atomic mass is 9.96. The van der Waals surface area contributed by atoms with E-state index in [1.165, 1.54) is 5.56 Å². The molecule has 0 bridgehead atoms. The fraction of sp³-hybridized carbons (Fsp3) is 0.417. The van der Waals surface area contributed by atoms with Gasteiger partial charge in [0.1, 0.15) is 11.9 Å². The van der Waals surface area contributed by atoms with E-state index in [1.54, 1.807) is 23.1 Å². The van der Waals surface area contributed by atoms with Crippen LogP contribution in [0.2, 0.25) is 5.02 Å². The Labute approximate surface area is 188 Å². The van der Waals surface area contributed by atoms with E-state index in [1.807, 2.05) is 43.0 Å². The van der Waals surface area contributed by atoms with Crippen molar-refractivity contribution in [3.8, 4) is 5.75 Å². The van der Waals surface area contributed by atoms with E-state index in [2.05, 4.69) is 5.32 Å². The van der Waals surface area contributed by atoms with Crippen LogP contribution in [-0.2, 0) is 11.3 Å². The number of carbonyl (C=O) groups is 2. The zero-order valence-corrected chi connectivity index (χ0v) is 18.7. The highest BCUT2D eigenvalue weighted by atomic mass is 35.5. The molecule has 0 unspecified atom stereocenters. The number of nitrogens with zero attached hydrogens (tertiary/aromatic N) is 2. The fourth-order valence-electron chi connectivity index (χ4n) is 4.23. The number of piperidine rings is 1. The summed E-state index contributed by atoms with van der Waals surface area (Å²) >= 11 is 6.15. The van der Waals surface area contributed by atoms with Crippen molar-refractivity contribution >= 4 is 29.2 Å². The van der Waals surface area contributed by atoms with Crippen molar-refractivity contribution in [1.29, 1.82) is 0 Å². The number of halogens is 1. The van der Waals surface area contributed by atoms with Gasteiger partial charge in [-0.05, 0) is 56.0 Å². The quantitative estimate of drug-likeness (QED) is 0.768. The predicted molar refractivity (Wildman–Crippen MR) is 122 cm³/mol. The first-order valence-electron chi connectivity index (χ1n) is 10.8. The summed E-state index contributed by atoms with van der Waals surface area (Å²) in [5.74, 6) is 0.660. The number of anilines is 1. The molecule has 6 nitrogen and oxygen atoms in total. The Kier molecular flexibility index (Phi) is 6.37. The zero-order chi connectivity index (χ0) is 22.0. The number of hydrogen-bond acceptors (Lipinski definition) is 3. The Morgan fingerprint density at radius 1 is 1.16 bits per heavy atom. The molecular formula is C24H28ClN3O3. The lowest BCUT2D eigenvalue weighted by molar-refractivity contribution is -0.126. The van der Waals surface area contributed by atoms with Gasteiger partial charge < -0.3 is 15.0 Å². The minimum atomic E-state index is -0.0950. The molecule has 3 amide bonds. The van der Waals surface area contributed by atoms with Crippen molar-refractivity contribution in [2.24, 2.45) is 5.92 Å². The molecule has 0 saturated carbocycles. The lowest BCUT2D eigenvalue weighted by Gasteiger charge is -2.39. The highest BCUT2D eigenvalue weighted by Crippen LogP contribution is 2.36. The summed E-state index contributed by atoms with van der Waals surface area (Å²) < 4.78 is 5.85. The van der Waals surface area contributed by atoms with E-state index >= 15 is 0 Å². The summed E-state index contributed by atoms with van der Waals surface area (Å²) in [5.41, 5.74) is 3.00. The third-order valence-electron chi connectivity index (χ3n) is 6.06. The Bertz CT molecular complexity index is 972. The highest BCUT2D eigenvalue weighted by molar-refractivity contribution is 6.31. The van der Waals surface area contributed by atoms with Gasteiger partial charge in [0.05, 0.1) is 12.2 Å². The molecule has 7 heteroatoms. The Hall–Kier alpha value is -2.73. The third-order valence-corrected chi connectivity index (χ3v) is 6.30. The minimum Gasteiger partial charge on any atom is -0.487 e. The molecule has 4 rings (SSSR count). The van der Waals surface area contributed by atoms with Crippen molar-refractivity contribution in [3.05, 3.63) is 58.6 Å². The standard InChI is InChI=1S/C24H28ClN3O3/c1-16-5-3-4-6-19(16)14-26-23(29)18-9-11-27(12-10-18)24(30)28-15-17(2)31-22-8-7-20(25)13-21(22)28/h3-8,13,17-18H,9-12,14-15H2,1-2H3,(H,26,29)/t17-/m0/s1. The number of fused-ring (bicyclic) bond motifs is 1. The lowest BCUT2D eigenvalue weighted by Crippen LogP contribution is -2.52. The summed E-state index contributed by atoms with van der Waals surface area (Å²) in [4.78, 5) is 29.5. The number of aryl methyl sites for hydroxylation is 1. The third kappa shape index (κ3) is 4.79. The first kappa shape index (κ1) is 21.5. The van der Waals surface area contributed by atoms with Gasteiger partial charge in [-0.25, -0.2) is 4.79 Å². The van der Waals surface area contributed by atoms with Crippen molar-refractivity contribution in [1.82, 2.24) is 10.2 Å². The van der Waals surface area contributed by atoms with Crippen molar-refractivity contribution in [2.75, 3.05) is 24.5 Å². The number of nitrogens with one attached hydrogen (secondary N) is 1. The zero-order valence-electron chi connectivity index (χ0n) is 17.9. The van der Waals surface area contributed by atoms with E-state index in [9.17, 15) is 9.59 Å². The fourth-order valence-corrected chi connectivity index (χ4v) is 4.40.